The number of unbranched alkanes of at least 4 members (excludes halogenated alkanes) is 1. The Morgan fingerprint density at radius 1 is 1.40 bits per heavy atom. The van der Waals surface area contributed by atoms with E-state index in [1.807, 2.05) is 13.0 Å². The highest BCUT2D eigenvalue weighted by molar-refractivity contribution is 6.05. The molecule has 1 fully saturated rings. The number of nitrogens with zero attached hydrogens (tertiary/aromatic N) is 1. The molecule has 0 radical (unpaired) electrons. The third-order valence-electron chi connectivity index (χ3n) is 4.13. The Morgan fingerprint density at radius 2 is 2.20 bits per heavy atom. The third-order valence-corrected chi connectivity index (χ3v) is 4.13. The first-order valence-corrected chi connectivity index (χ1v) is 8.40. The van der Waals surface area contributed by atoms with Crippen molar-refractivity contribution in [3.8, 4) is 0 Å². The van der Waals surface area contributed by atoms with Gasteiger partial charge in [0.25, 0.3) is 5.91 Å². The number of carbonyl (C=O) groups excluding carboxylic acids is 4. The van der Waals surface area contributed by atoms with Gasteiger partial charge in [0, 0.05) is 37.2 Å². The second kappa shape index (κ2) is 8.96. The fraction of sp³-hybridized carbons (Fsp3) is 0.444. The van der Waals surface area contributed by atoms with Crippen molar-refractivity contribution in [2.45, 2.75) is 38.6 Å². The van der Waals surface area contributed by atoms with E-state index in [-0.39, 0.29) is 18.2 Å². The largest absolute Gasteiger partial charge is 0.389 e. The van der Waals surface area contributed by atoms with Crippen LogP contribution in [0.2, 0.25) is 0 Å². The number of allylic oxidation sites excluding steroid dienone is 3. The highest BCUT2D eigenvalue weighted by atomic mass is 16.2. The van der Waals surface area contributed by atoms with Crippen LogP contribution >= 0.6 is 0 Å². The summed E-state index contributed by atoms with van der Waals surface area (Å²) in [5, 5.41) is 5.45. The van der Waals surface area contributed by atoms with Crippen LogP contribution in [0.15, 0.2) is 35.6 Å². The van der Waals surface area contributed by atoms with E-state index in [1.165, 1.54) is 4.90 Å². The topological polar surface area (TPSA) is 95.6 Å². The first-order chi connectivity index (χ1) is 12.0. The van der Waals surface area contributed by atoms with Gasteiger partial charge in [-0.05, 0) is 31.9 Å². The zero-order valence-corrected chi connectivity index (χ0v) is 14.3. The Balaban J connectivity index is 1.85. The third kappa shape index (κ3) is 5.14. The van der Waals surface area contributed by atoms with Crippen LogP contribution in [0.25, 0.3) is 0 Å². The second-order valence-electron chi connectivity index (χ2n) is 6.03. The molecule has 0 aromatic heterocycles. The van der Waals surface area contributed by atoms with Crippen LogP contribution in [0.3, 0.4) is 0 Å². The molecule has 25 heavy (non-hydrogen) atoms. The van der Waals surface area contributed by atoms with E-state index in [0.717, 1.165) is 24.9 Å². The first kappa shape index (κ1) is 18.6. The van der Waals surface area contributed by atoms with E-state index >= 15 is 0 Å². The zero-order valence-electron chi connectivity index (χ0n) is 14.3. The van der Waals surface area contributed by atoms with E-state index in [0.29, 0.717) is 25.0 Å². The smallest absolute Gasteiger partial charge is 0.254 e. The fourth-order valence-corrected chi connectivity index (χ4v) is 2.75. The molecule has 134 valence electrons. The maximum atomic E-state index is 12.4. The van der Waals surface area contributed by atoms with Crippen LogP contribution in [0.5, 0.6) is 0 Å². The highest BCUT2D eigenvalue weighted by Crippen LogP contribution is 2.20. The molecule has 0 aromatic carbocycles. The number of carbonyl (C=O) groups is 4. The molecule has 0 bridgehead atoms. The summed E-state index contributed by atoms with van der Waals surface area (Å²) < 4.78 is 0. The molecule has 1 saturated heterocycles. The molecule has 1 unspecified atom stereocenters. The number of hydrogen-bond donors (Lipinski definition) is 2. The second-order valence-corrected chi connectivity index (χ2v) is 6.03. The molecule has 1 atom stereocenters. The molecule has 2 aliphatic rings. The minimum absolute atomic E-state index is 0.198. The summed E-state index contributed by atoms with van der Waals surface area (Å²) >= 11 is 0. The van der Waals surface area contributed by atoms with Crippen LogP contribution in [0.4, 0.5) is 0 Å². The summed E-state index contributed by atoms with van der Waals surface area (Å²) in [6.45, 7) is 3.00. The Bertz CT molecular complexity index is 649. The summed E-state index contributed by atoms with van der Waals surface area (Å²) in [7, 11) is 0. The average Bonchev–Trinajstić information content (AvgIpc) is 2.93. The van der Waals surface area contributed by atoms with Crippen molar-refractivity contribution < 1.29 is 19.2 Å². The Hall–Kier alpha value is -2.70. The van der Waals surface area contributed by atoms with Gasteiger partial charge in [0.15, 0.2) is 0 Å². The molecule has 0 spiro atoms. The van der Waals surface area contributed by atoms with Crippen LogP contribution in [0.1, 0.15) is 32.6 Å². The minimum Gasteiger partial charge on any atom is -0.389 e. The van der Waals surface area contributed by atoms with Gasteiger partial charge in [-0.2, -0.15) is 0 Å². The Morgan fingerprint density at radius 3 is 2.92 bits per heavy atom. The number of amides is 3. The van der Waals surface area contributed by atoms with Crippen LogP contribution in [0, 0.1) is 0 Å². The maximum absolute atomic E-state index is 12.4. The highest BCUT2D eigenvalue weighted by Gasteiger charge is 2.36. The van der Waals surface area contributed by atoms with Gasteiger partial charge in [0.1, 0.15) is 12.3 Å². The van der Waals surface area contributed by atoms with Crippen LogP contribution in [-0.2, 0) is 19.2 Å². The summed E-state index contributed by atoms with van der Waals surface area (Å²) in [6.07, 6.45) is 9.95. The monoisotopic (exact) mass is 345 g/mol. The molecule has 2 aliphatic heterocycles. The van der Waals surface area contributed by atoms with Crippen molar-refractivity contribution in [1.82, 2.24) is 15.5 Å². The molecule has 0 aromatic rings. The Kier molecular flexibility index (Phi) is 6.68. The lowest BCUT2D eigenvalue weighted by molar-refractivity contribution is -0.142. The molecule has 3 amide bonds. The van der Waals surface area contributed by atoms with E-state index in [9.17, 15) is 19.2 Å². The number of hydrogen-bond acceptors (Lipinski definition) is 5. The fourth-order valence-electron chi connectivity index (χ4n) is 2.75. The molecule has 0 saturated carbocycles. The lowest BCUT2D eigenvalue weighted by atomic mass is 10.0. The Labute approximate surface area is 146 Å². The van der Waals surface area contributed by atoms with Crippen molar-refractivity contribution in [3.05, 3.63) is 35.6 Å². The average molecular weight is 345 g/mol. The molecule has 0 aliphatic carbocycles. The summed E-state index contributed by atoms with van der Waals surface area (Å²) in [6, 6.07) is -0.580. The number of aldehydes is 1. The summed E-state index contributed by atoms with van der Waals surface area (Å²) in [5.41, 5.74) is 1.48. The van der Waals surface area contributed by atoms with Crippen molar-refractivity contribution in [2.75, 3.05) is 13.1 Å². The minimum atomic E-state index is -0.580. The van der Waals surface area contributed by atoms with Crippen molar-refractivity contribution >= 4 is 24.0 Å². The number of imide groups is 1. The van der Waals surface area contributed by atoms with Crippen LogP contribution < -0.4 is 10.6 Å². The van der Waals surface area contributed by atoms with Gasteiger partial charge < -0.3 is 15.0 Å². The molecular weight excluding hydrogens is 322 g/mol. The molecule has 2 rings (SSSR count). The lowest BCUT2D eigenvalue weighted by Crippen LogP contribution is -2.53. The molecule has 2 N–H and O–H groups in total. The van der Waals surface area contributed by atoms with Gasteiger partial charge in [-0.1, -0.05) is 12.2 Å². The zero-order chi connectivity index (χ0) is 18.2. The summed E-state index contributed by atoms with van der Waals surface area (Å²) in [5.74, 6) is -0.892. The predicted molar refractivity (Wildman–Crippen MR) is 92.2 cm³/mol. The standard InChI is InChI=1S/C18H23N3O4/c1-13(19-10-2-3-12-22)5-4-6-14-9-11-21(18(14)25)15-7-8-16(23)20-17(15)24/h4-6,9,12,15,19H,2-3,7-8,10-11H2,1H3,(H,20,23,24)/b6-4-,13-5+. The number of piperidine rings is 1. The SMILES string of the molecule is C/C(=C\C=C/C1=CCN(C2CCC(=O)NC2=O)C1=O)NCCCC=O. The lowest BCUT2D eigenvalue weighted by Gasteiger charge is -2.29. The normalized spacial score (nSPS) is 21.6. The number of nitrogens with one attached hydrogen (secondary N) is 2. The molecule has 2 heterocycles. The molecule has 7 heteroatoms. The number of rotatable bonds is 8. The van der Waals surface area contributed by atoms with Gasteiger partial charge in [-0.15, -0.1) is 0 Å². The van der Waals surface area contributed by atoms with Gasteiger partial charge >= 0.3 is 0 Å². The van der Waals surface area contributed by atoms with Gasteiger partial charge in [-0.3, -0.25) is 19.7 Å². The van der Waals surface area contributed by atoms with Crippen LogP contribution in [-0.4, -0.2) is 48.0 Å². The van der Waals surface area contributed by atoms with Gasteiger partial charge in [0.2, 0.25) is 11.8 Å². The van der Waals surface area contributed by atoms with Gasteiger partial charge in [-0.25, -0.2) is 0 Å². The van der Waals surface area contributed by atoms with E-state index in [1.54, 1.807) is 18.2 Å². The quantitative estimate of drug-likeness (QED) is 0.290. The molecular formula is C18H23N3O4. The van der Waals surface area contributed by atoms with Crippen molar-refractivity contribution in [3.63, 3.8) is 0 Å². The van der Waals surface area contributed by atoms with Gasteiger partial charge in [0.05, 0.1) is 0 Å². The van der Waals surface area contributed by atoms with E-state index in [4.69, 9.17) is 0 Å². The van der Waals surface area contributed by atoms with Crippen molar-refractivity contribution in [2.24, 2.45) is 0 Å². The maximum Gasteiger partial charge on any atom is 0.254 e. The summed E-state index contributed by atoms with van der Waals surface area (Å²) in [4.78, 5) is 47.3. The van der Waals surface area contributed by atoms with E-state index < -0.39 is 11.9 Å². The predicted octanol–water partition coefficient (Wildman–Crippen LogP) is 0.589. The molecule has 7 nitrogen and oxygen atoms in total. The van der Waals surface area contributed by atoms with Crippen molar-refractivity contribution in [1.29, 1.82) is 0 Å². The van der Waals surface area contributed by atoms with E-state index in [2.05, 4.69) is 10.6 Å². The first-order valence-electron chi connectivity index (χ1n) is 8.40.